The molecule has 0 saturated heterocycles. The van der Waals surface area contributed by atoms with Crippen molar-refractivity contribution in [1.82, 2.24) is 18.3 Å². The van der Waals surface area contributed by atoms with Gasteiger partial charge in [0.1, 0.15) is 0 Å². The summed E-state index contributed by atoms with van der Waals surface area (Å²) in [5, 5.41) is 9.91. The van der Waals surface area contributed by atoms with Crippen LogP contribution < -0.4 is 0 Å². The summed E-state index contributed by atoms with van der Waals surface area (Å²) in [5.74, 6) is 0. The smallest absolute Gasteiger partial charge is 0.0641 e. The Labute approximate surface area is 368 Å². The Morgan fingerprint density at radius 2 is 0.531 bits per heavy atom. The van der Waals surface area contributed by atoms with Gasteiger partial charge < -0.3 is 18.3 Å². The molecule has 14 rings (SSSR count). The van der Waals surface area contributed by atoms with Gasteiger partial charge >= 0.3 is 0 Å². The average Bonchev–Trinajstić information content (AvgIpc) is 4.09. The van der Waals surface area contributed by atoms with E-state index in [1.165, 1.54) is 87.2 Å². The van der Waals surface area contributed by atoms with Crippen molar-refractivity contribution in [3.8, 4) is 33.9 Å². The number of fused-ring (bicyclic) bond motifs is 14. The Morgan fingerprint density at radius 3 is 0.953 bits per heavy atom. The molecule has 0 N–H and O–H groups in total. The van der Waals surface area contributed by atoms with E-state index in [-0.39, 0.29) is 0 Å². The summed E-state index contributed by atoms with van der Waals surface area (Å²) in [4.78, 5) is 0. The molecule has 0 saturated carbocycles. The van der Waals surface area contributed by atoms with E-state index in [9.17, 15) is 0 Å². The predicted octanol–water partition coefficient (Wildman–Crippen LogP) is 15.7. The van der Waals surface area contributed by atoms with Gasteiger partial charge in [0, 0.05) is 65.6 Å². The molecular weight excluding hydrogens is 777 g/mol. The molecule has 0 bridgehead atoms. The van der Waals surface area contributed by atoms with Gasteiger partial charge in [-0.05, 0) is 72.8 Å². The summed E-state index contributed by atoms with van der Waals surface area (Å²) in [7, 11) is 0. The van der Waals surface area contributed by atoms with E-state index >= 15 is 0 Å². The minimum absolute atomic E-state index is 1.14. The van der Waals surface area contributed by atoms with E-state index in [0.717, 1.165) is 33.9 Å². The molecule has 0 aliphatic rings. The van der Waals surface area contributed by atoms with Gasteiger partial charge in [-0.3, -0.25) is 0 Å². The lowest BCUT2D eigenvalue weighted by molar-refractivity contribution is 1.16. The Hall–Kier alpha value is -8.60. The fraction of sp³-hybridized carbons (Fsp3) is 0. The Morgan fingerprint density at radius 1 is 0.203 bits per heavy atom. The third-order valence-electron chi connectivity index (χ3n) is 13.5. The fourth-order valence-electron chi connectivity index (χ4n) is 11.0. The molecular formula is C60H38N4. The van der Waals surface area contributed by atoms with E-state index in [1.807, 2.05) is 0 Å². The highest BCUT2D eigenvalue weighted by atomic mass is 15.0. The van der Waals surface area contributed by atoms with E-state index in [0.29, 0.717) is 0 Å². The largest absolute Gasteiger partial charge is 0.309 e. The maximum absolute atomic E-state index is 2.54. The van der Waals surface area contributed by atoms with Crippen molar-refractivity contribution >= 4 is 87.2 Å². The van der Waals surface area contributed by atoms with E-state index < -0.39 is 0 Å². The first-order valence-corrected chi connectivity index (χ1v) is 22.0. The van der Waals surface area contributed by atoms with Crippen LogP contribution in [0.15, 0.2) is 231 Å². The Bertz CT molecular complexity index is 3910. The zero-order valence-corrected chi connectivity index (χ0v) is 34.7. The zero-order valence-electron chi connectivity index (χ0n) is 34.7. The fourth-order valence-corrected chi connectivity index (χ4v) is 11.0. The Kier molecular flexibility index (Phi) is 7.36. The van der Waals surface area contributed by atoms with Crippen LogP contribution in [0.1, 0.15) is 0 Å². The molecule has 10 aromatic carbocycles. The molecule has 0 radical (unpaired) electrons. The molecule has 0 amide bonds. The second-order valence-corrected chi connectivity index (χ2v) is 16.8. The monoisotopic (exact) mass is 814 g/mol. The predicted molar refractivity (Wildman–Crippen MR) is 269 cm³/mol. The minimum atomic E-state index is 1.14. The van der Waals surface area contributed by atoms with Gasteiger partial charge in [-0.25, -0.2) is 0 Å². The number of aromatic nitrogens is 4. The van der Waals surface area contributed by atoms with E-state index in [1.54, 1.807) is 0 Å². The van der Waals surface area contributed by atoms with Crippen LogP contribution in [0.2, 0.25) is 0 Å². The summed E-state index contributed by atoms with van der Waals surface area (Å²) in [5.41, 5.74) is 16.4. The topological polar surface area (TPSA) is 19.7 Å². The van der Waals surface area contributed by atoms with Crippen molar-refractivity contribution < 1.29 is 0 Å². The molecule has 4 nitrogen and oxygen atoms in total. The first-order valence-electron chi connectivity index (χ1n) is 22.0. The molecule has 0 atom stereocenters. The maximum Gasteiger partial charge on any atom is 0.0641 e. The molecule has 0 fully saturated rings. The molecule has 0 unspecified atom stereocenters. The lowest BCUT2D eigenvalue weighted by Crippen LogP contribution is -2.01. The summed E-state index contributed by atoms with van der Waals surface area (Å²) in [6.07, 6.45) is 0. The molecule has 0 aliphatic carbocycles. The molecule has 4 heteroatoms. The summed E-state index contributed by atoms with van der Waals surface area (Å²) in [6.45, 7) is 0. The van der Waals surface area contributed by atoms with Crippen molar-refractivity contribution in [3.63, 3.8) is 0 Å². The van der Waals surface area contributed by atoms with Crippen molar-refractivity contribution in [2.45, 2.75) is 0 Å². The van der Waals surface area contributed by atoms with Gasteiger partial charge in [-0.1, -0.05) is 158 Å². The first kappa shape index (κ1) is 35.0. The third kappa shape index (κ3) is 4.77. The maximum atomic E-state index is 2.54. The average molecular weight is 815 g/mol. The van der Waals surface area contributed by atoms with Crippen LogP contribution in [0, 0.1) is 0 Å². The molecule has 0 aliphatic heterocycles. The summed E-state index contributed by atoms with van der Waals surface area (Å²) >= 11 is 0. The molecule has 4 heterocycles. The number of hydrogen-bond acceptors (Lipinski definition) is 0. The van der Waals surface area contributed by atoms with Crippen LogP contribution in [0.4, 0.5) is 0 Å². The number of nitrogens with zero attached hydrogens (tertiary/aromatic N) is 4. The van der Waals surface area contributed by atoms with Crippen molar-refractivity contribution in [3.05, 3.63) is 231 Å². The molecule has 14 aromatic rings. The van der Waals surface area contributed by atoms with Gasteiger partial charge in [0.15, 0.2) is 0 Å². The summed E-state index contributed by atoms with van der Waals surface area (Å²) < 4.78 is 9.92. The van der Waals surface area contributed by atoms with Gasteiger partial charge in [0.2, 0.25) is 0 Å². The van der Waals surface area contributed by atoms with Crippen LogP contribution in [0.25, 0.3) is 121 Å². The number of rotatable bonds is 5. The van der Waals surface area contributed by atoms with Crippen LogP contribution in [-0.2, 0) is 0 Å². The Balaban J connectivity index is 1.10. The molecule has 0 spiro atoms. The van der Waals surface area contributed by atoms with Crippen LogP contribution in [0.3, 0.4) is 0 Å². The molecule has 64 heavy (non-hydrogen) atoms. The zero-order chi connectivity index (χ0) is 41.9. The van der Waals surface area contributed by atoms with Crippen LogP contribution in [0.5, 0.6) is 0 Å². The van der Waals surface area contributed by atoms with Gasteiger partial charge in [-0.2, -0.15) is 0 Å². The van der Waals surface area contributed by atoms with Crippen LogP contribution in [-0.4, -0.2) is 18.3 Å². The second kappa shape index (κ2) is 13.4. The number of benzene rings is 10. The molecule has 4 aromatic heterocycles. The number of hydrogen-bond donors (Lipinski definition) is 0. The second-order valence-electron chi connectivity index (χ2n) is 16.8. The molecule has 298 valence electrons. The highest BCUT2D eigenvalue weighted by molar-refractivity contribution is 6.28. The quantitative estimate of drug-likeness (QED) is 0.165. The standard InChI is InChI=1S/C60H38N4/c1-3-19-39(20-4-1)61-53-33-17-11-27-47(53)57-55(61)37-35-45-43-25-9-15-31-51(43)63(59(45)57)49-29-13-7-23-41(49)42-24-8-14-30-50(42)64-52-32-16-10-26-44(52)46-36-38-56-58(60(46)64)48-28-12-18-34-54(48)62(56)40-21-5-2-6-22-40/h1-38H. The summed E-state index contributed by atoms with van der Waals surface area (Å²) in [6, 6.07) is 84.4. The van der Waals surface area contributed by atoms with Crippen LogP contribution >= 0.6 is 0 Å². The number of para-hydroxylation sites is 8. The lowest BCUT2D eigenvalue weighted by Gasteiger charge is -2.19. The minimum Gasteiger partial charge on any atom is -0.309 e. The third-order valence-corrected chi connectivity index (χ3v) is 13.5. The van der Waals surface area contributed by atoms with Gasteiger partial charge in [0.25, 0.3) is 0 Å². The van der Waals surface area contributed by atoms with Gasteiger partial charge in [0.05, 0.1) is 55.5 Å². The SMILES string of the molecule is c1ccc(-n2c3ccccc3c3c2ccc2c4ccccc4n(-c4ccccc4-c4ccccc4-n4c5ccccc5c5ccc6c(c7ccccc7n6-c6ccccc6)c54)c23)cc1. The van der Waals surface area contributed by atoms with Crippen molar-refractivity contribution in [2.75, 3.05) is 0 Å². The van der Waals surface area contributed by atoms with E-state index in [2.05, 4.69) is 249 Å². The van der Waals surface area contributed by atoms with Crippen molar-refractivity contribution in [2.24, 2.45) is 0 Å². The highest BCUT2D eigenvalue weighted by Crippen LogP contribution is 2.46. The van der Waals surface area contributed by atoms with E-state index in [4.69, 9.17) is 0 Å². The highest BCUT2D eigenvalue weighted by Gasteiger charge is 2.25. The first-order chi connectivity index (χ1) is 31.8. The van der Waals surface area contributed by atoms with Gasteiger partial charge in [-0.15, -0.1) is 0 Å². The normalized spacial score (nSPS) is 12.1. The van der Waals surface area contributed by atoms with Crippen molar-refractivity contribution in [1.29, 1.82) is 0 Å². The lowest BCUT2D eigenvalue weighted by atomic mass is 10.0.